The lowest BCUT2D eigenvalue weighted by Crippen LogP contribution is -2.34. The highest BCUT2D eigenvalue weighted by molar-refractivity contribution is 9.10. The van der Waals surface area contributed by atoms with Gasteiger partial charge in [0.25, 0.3) is 5.91 Å². The summed E-state index contributed by atoms with van der Waals surface area (Å²) in [5.74, 6) is -1.56. The second kappa shape index (κ2) is 11.3. The van der Waals surface area contributed by atoms with E-state index in [0.717, 1.165) is 41.7 Å². The Kier molecular flexibility index (Phi) is 7.64. The average Bonchev–Trinajstić information content (AvgIpc) is 3.52. The van der Waals surface area contributed by atoms with E-state index in [1.807, 2.05) is 6.08 Å². The second-order valence-corrected chi connectivity index (χ2v) is 9.80. The lowest BCUT2D eigenvalue weighted by molar-refractivity contribution is -0.149. The molecule has 9 heteroatoms. The second-order valence-electron chi connectivity index (χ2n) is 9.02. The van der Waals surface area contributed by atoms with E-state index in [4.69, 9.17) is 14.3 Å². The Morgan fingerprint density at radius 1 is 1.05 bits per heavy atom. The average molecular weight is 581 g/mol. The van der Waals surface area contributed by atoms with Gasteiger partial charge in [-0.1, -0.05) is 24.3 Å². The first kappa shape index (κ1) is 25.8. The van der Waals surface area contributed by atoms with Gasteiger partial charge in [0.05, 0.1) is 11.8 Å². The molecule has 38 heavy (non-hydrogen) atoms. The molecule has 0 radical (unpaired) electrons. The van der Waals surface area contributed by atoms with Crippen molar-refractivity contribution in [1.82, 2.24) is 5.01 Å². The minimum Gasteiger partial charge on any atom is -0.452 e. The highest BCUT2D eigenvalue weighted by Crippen LogP contribution is 2.44. The molecular formula is C29H23BrF2N2O4. The first-order valence-corrected chi connectivity index (χ1v) is 12.9. The molecule has 194 valence electrons. The van der Waals surface area contributed by atoms with Crippen LogP contribution in [0.15, 0.2) is 86.5 Å². The van der Waals surface area contributed by atoms with Gasteiger partial charge in [-0.15, -0.1) is 0 Å². The van der Waals surface area contributed by atoms with Crippen molar-refractivity contribution in [1.29, 1.82) is 0 Å². The molecule has 1 saturated carbocycles. The first-order chi connectivity index (χ1) is 18.4. The number of carbonyl (C=O) groups excluding carboxylic acids is 2. The van der Waals surface area contributed by atoms with Gasteiger partial charge in [-0.05, 0) is 100 Å². The summed E-state index contributed by atoms with van der Waals surface area (Å²) in [6, 6.07) is 15.1. The smallest absolute Gasteiger partial charge is 0.331 e. The third-order valence-electron chi connectivity index (χ3n) is 6.50. The van der Waals surface area contributed by atoms with Crippen molar-refractivity contribution in [2.45, 2.75) is 25.3 Å². The molecule has 1 amide bonds. The number of hydrogen-bond donors (Lipinski definition) is 0. The van der Waals surface area contributed by atoms with Crippen molar-refractivity contribution in [2.75, 3.05) is 6.61 Å². The fraction of sp³-hybridized carbons (Fsp3) is 0.207. The quantitative estimate of drug-likeness (QED) is 0.240. The fourth-order valence-electron chi connectivity index (χ4n) is 4.78. The number of nitrogens with zero attached hydrogens (tertiary/aromatic N) is 2. The van der Waals surface area contributed by atoms with E-state index in [1.165, 1.54) is 41.4 Å². The van der Waals surface area contributed by atoms with E-state index < -0.39 is 24.5 Å². The normalized spacial score (nSPS) is 20.0. The van der Waals surface area contributed by atoms with E-state index in [1.54, 1.807) is 36.4 Å². The van der Waals surface area contributed by atoms with Crippen LogP contribution < -0.4 is 0 Å². The predicted octanol–water partition coefficient (Wildman–Crippen LogP) is 6.70. The maximum atomic E-state index is 13.7. The molecule has 2 atom stereocenters. The summed E-state index contributed by atoms with van der Waals surface area (Å²) in [6.45, 7) is -0.511. The van der Waals surface area contributed by atoms with Gasteiger partial charge in [-0.2, -0.15) is 5.10 Å². The number of carbonyl (C=O) groups is 2. The Morgan fingerprint density at radius 2 is 1.76 bits per heavy atom. The number of ether oxygens (including phenoxy) is 1. The van der Waals surface area contributed by atoms with Gasteiger partial charge in [0.2, 0.25) is 0 Å². The lowest BCUT2D eigenvalue weighted by atomic mass is 9.77. The van der Waals surface area contributed by atoms with Crippen molar-refractivity contribution < 1.29 is 27.5 Å². The zero-order chi connectivity index (χ0) is 26.6. The number of hydrazone groups is 1. The van der Waals surface area contributed by atoms with Crippen molar-refractivity contribution in [3.05, 3.63) is 106 Å². The molecule has 1 fully saturated rings. The summed E-state index contributed by atoms with van der Waals surface area (Å²) in [5.41, 5.74) is 3.29. The SMILES string of the molecule is O=C(C=Cc1ccc(Br)o1)OCC(=O)N1N=C2C(=Cc3ccc(F)cc3)CCCC2C1c1ccc(F)cc1. The molecule has 0 bridgehead atoms. The van der Waals surface area contributed by atoms with Gasteiger partial charge in [-0.25, -0.2) is 18.6 Å². The van der Waals surface area contributed by atoms with E-state index in [9.17, 15) is 18.4 Å². The summed E-state index contributed by atoms with van der Waals surface area (Å²) in [7, 11) is 0. The number of allylic oxidation sites excluding steroid dienone is 1. The van der Waals surface area contributed by atoms with E-state index in [0.29, 0.717) is 10.4 Å². The minimum atomic E-state index is -0.703. The first-order valence-electron chi connectivity index (χ1n) is 12.1. The number of amides is 1. The Hall–Kier alpha value is -3.85. The maximum Gasteiger partial charge on any atom is 0.331 e. The van der Waals surface area contributed by atoms with Crippen molar-refractivity contribution in [2.24, 2.45) is 11.0 Å². The van der Waals surface area contributed by atoms with Gasteiger partial charge in [-0.3, -0.25) is 4.79 Å². The van der Waals surface area contributed by atoms with Crippen LogP contribution in [0.3, 0.4) is 0 Å². The molecule has 1 aromatic heterocycles. The lowest BCUT2D eigenvalue weighted by Gasteiger charge is -2.29. The van der Waals surface area contributed by atoms with Crippen LogP contribution in [0.1, 0.15) is 42.2 Å². The highest BCUT2D eigenvalue weighted by Gasteiger charge is 2.43. The molecule has 0 N–H and O–H groups in total. The fourth-order valence-corrected chi connectivity index (χ4v) is 5.09. The summed E-state index contributed by atoms with van der Waals surface area (Å²) in [6.07, 6.45) is 6.99. The molecule has 1 aliphatic carbocycles. The number of halogens is 3. The Morgan fingerprint density at radius 3 is 2.45 bits per heavy atom. The number of esters is 1. The molecule has 2 heterocycles. The standard InChI is InChI=1S/C29H23BrF2N2O4/c30-25-14-12-23(38-25)13-15-27(36)37-17-26(35)34-29(19-6-10-22(32)11-7-19)24-3-1-2-20(28(24)33-34)16-18-4-8-21(31)9-5-18/h4-16,24,29H,1-3,17H2. The molecule has 1 aliphatic heterocycles. The van der Waals surface area contributed by atoms with E-state index >= 15 is 0 Å². The van der Waals surface area contributed by atoms with E-state index in [2.05, 4.69) is 15.9 Å². The minimum absolute atomic E-state index is 0.113. The number of furan rings is 1. The molecular weight excluding hydrogens is 558 g/mol. The van der Waals surface area contributed by atoms with Gasteiger partial charge >= 0.3 is 5.97 Å². The highest BCUT2D eigenvalue weighted by atomic mass is 79.9. The molecule has 2 aromatic carbocycles. The van der Waals surface area contributed by atoms with Crippen LogP contribution >= 0.6 is 15.9 Å². The zero-order valence-corrected chi connectivity index (χ0v) is 21.7. The summed E-state index contributed by atoms with van der Waals surface area (Å²) >= 11 is 3.19. The van der Waals surface area contributed by atoms with Crippen LogP contribution in [0.25, 0.3) is 12.2 Å². The van der Waals surface area contributed by atoms with Crippen LogP contribution in [0.2, 0.25) is 0 Å². The van der Waals surface area contributed by atoms with Gasteiger partial charge in [0, 0.05) is 12.0 Å². The Bertz CT molecular complexity index is 1430. The maximum absolute atomic E-state index is 13.7. The third-order valence-corrected chi connectivity index (χ3v) is 6.92. The number of benzene rings is 2. The largest absolute Gasteiger partial charge is 0.452 e. The Labute approximate surface area is 226 Å². The van der Waals surface area contributed by atoms with Gasteiger partial charge in [0.15, 0.2) is 11.3 Å². The molecule has 6 nitrogen and oxygen atoms in total. The van der Waals surface area contributed by atoms with Crippen molar-refractivity contribution in [3.63, 3.8) is 0 Å². The third kappa shape index (κ3) is 5.83. The summed E-state index contributed by atoms with van der Waals surface area (Å²) < 4.78 is 38.1. The van der Waals surface area contributed by atoms with Crippen LogP contribution in [-0.2, 0) is 14.3 Å². The predicted molar refractivity (Wildman–Crippen MR) is 142 cm³/mol. The Balaban J connectivity index is 1.38. The van der Waals surface area contributed by atoms with Crippen LogP contribution in [-0.4, -0.2) is 29.2 Å². The van der Waals surface area contributed by atoms with Crippen LogP contribution in [0, 0.1) is 17.6 Å². The number of fused-ring (bicyclic) bond motifs is 1. The molecule has 2 unspecified atom stereocenters. The zero-order valence-electron chi connectivity index (χ0n) is 20.1. The molecule has 3 aromatic rings. The van der Waals surface area contributed by atoms with Crippen LogP contribution in [0.5, 0.6) is 0 Å². The van der Waals surface area contributed by atoms with Crippen molar-refractivity contribution in [3.8, 4) is 0 Å². The number of hydrogen-bond acceptors (Lipinski definition) is 5. The molecule has 2 aliphatic rings. The molecule has 5 rings (SSSR count). The monoisotopic (exact) mass is 580 g/mol. The number of rotatable bonds is 6. The van der Waals surface area contributed by atoms with Crippen LogP contribution in [0.4, 0.5) is 8.78 Å². The topological polar surface area (TPSA) is 72.1 Å². The molecule has 0 saturated heterocycles. The van der Waals surface area contributed by atoms with Crippen molar-refractivity contribution >= 4 is 45.7 Å². The molecule has 0 spiro atoms. The summed E-state index contributed by atoms with van der Waals surface area (Å²) in [4.78, 5) is 25.5. The van der Waals surface area contributed by atoms with E-state index in [-0.39, 0.29) is 17.6 Å². The van der Waals surface area contributed by atoms with Gasteiger partial charge in [0.1, 0.15) is 17.4 Å². The van der Waals surface area contributed by atoms with Gasteiger partial charge < -0.3 is 9.15 Å². The summed E-state index contributed by atoms with van der Waals surface area (Å²) in [5, 5.41) is 6.04.